The normalized spacial score (nSPS) is 35.4. The first kappa shape index (κ1) is 19.2. The molecule has 0 unspecified atom stereocenters. The maximum absolute atomic E-state index is 11.4. The van der Waals surface area contributed by atoms with Crippen LogP contribution in [0.15, 0.2) is 0 Å². The minimum absolute atomic E-state index is 0.00736. The van der Waals surface area contributed by atoms with Crippen LogP contribution in [0.1, 0.15) is 13.8 Å². The van der Waals surface area contributed by atoms with E-state index in [2.05, 4.69) is 5.32 Å². The number of rotatable bonds is 8. The smallest absolute Gasteiger partial charge is 0.336 e. The molecule has 0 bridgehead atoms. The third-order valence-electron chi connectivity index (χ3n) is 3.03. The molecular weight excluding hydrogens is 300 g/mol. The first-order chi connectivity index (χ1) is 10.4. The number of nitrogens with one attached hydrogen (secondary N) is 1. The van der Waals surface area contributed by atoms with E-state index in [-0.39, 0.29) is 19.8 Å². The van der Waals surface area contributed by atoms with Gasteiger partial charge < -0.3 is 35.8 Å². The van der Waals surface area contributed by atoms with E-state index in [9.17, 15) is 20.1 Å². The van der Waals surface area contributed by atoms with Crippen LogP contribution in [0, 0.1) is 0 Å². The van der Waals surface area contributed by atoms with Gasteiger partial charge in [0.2, 0.25) is 5.91 Å². The van der Waals surface area contributed by atoms with Crippen molar-refractivity contribution in [3.63, 3.8) is 0 Å². The molecule has 1 amide bonds. The van der Waals surface area contributed by atoms with Crippen molar-refractivity contribution in [2.24, 2.45) is 5.73 Å². The maximum atomic E-state index is 11.4. The van der Waals surface area contributed by atoms with E-state index in [1.807, 2.05) is 0 Å². The fraction of sp³-hybridized carbons (Fsp3) is 0.917. The van der Waals surface area contributed by atoms with Crippen molar-refractivity contribution < 1.29 is 39.4 Å². The number of aliphatic hydroxyl groups is 3. The molecule has 5 atom stereocenters. The number of hydrogen-bond donors (Lipinski definition) is 5. The molecule has 1 heterocycles. The molecule has 10 heteroatoms. The summed E-state index contributed by atoms with van der Waals surface area (Å²) in [6.45, 7) is 2.50. The Labute approximate surface area is 128 Å². The second-order valence-corrected chi connectivity index (χ2v) is 4.73. The molecule has 1 rings (SSSR count). The Kier molecular flexibility index (Phi) is 7.59. The van der Waals surface area contributed by atoms with Crippen LogP contribution in [0.5, 0.6) is 0 Å². The van der Waals surface area contributed by atoms with Crippen LogP contribution >= 0.6 is 0 Å². The summed E-state index contributed by atoms with van der Waals surface area (Å²) >= 11 is 0. The number of carbonyl (C=O) groups is 1. The predicted octanol–water partition coefficient (Wildman–Crippen LogP) is -2.80. The summed E-state index contributed by atoms with van der Waals surface area (Å²) in [5, 5.41) is 31.8. The van der Waals surface area contributed by atoms with Gasteiger partial charge in [0.15, 0.2) is 0 Å². The molecule has 0 aromatic carbocycles. The third kappa shape index (κ3) is 4.33. The molecule has 130 valence electrons. The molecule has 0 aromatic heterocycles. The minimum Gasteiger partial charge on any atom is -0.394 e. The Morgan fingerprint density at radius 1 is 1.41 bits per heavy atom. The molecule has 6 N–H and O–H groups in total. The SMILES string of the molecule is CCO[C@@]1(OOCCN)O[C@H](CO)[C@H](O)[C@H](O)[C@H]1NC(C)=O. The number of aliphatic hydroxyl groups excluding tert-OH is 3. The van der Waals surface area contributed by atoms with Gasteiger partial charge >= 0.3 is 5.97 Å². The highest BCUT2D eigenvalue weighted by Gasteiger charge is 2.58. The van der Waals surface area contributed by atoms with Gasteiger partial charge in [0, 0.05) is 20.1 Å². The van der Waals surface area contributed by atoms with Crippen molar-refractivity contribution in [1.82, 2.24) is 5.32 Å². The van der Waals surface area contributed by atoms with Gasteiger partial charge in [-0.15, -0.1) is 0 Å². The van der Waals surface area contributed by atoms with Crippen molar-refractivity contribution in [1.29, 1.82) is 0 Å². The summed E-state index contributed by atoms with van der Waals surface area (Å²) in [4.78, 5) is 21.3. The summed E-state index contributed by atoms with van der Waals surface area (Å²) in [5.74, 6) is -2.53. The number of hydrogen-bond acceptors (Lipinski definition) is 9. The van der Waals surface area contributed by atoms with E-state index in [0.717, 1.165) is 0 Å². The second kappa shape index (κ2) is 8.70. The zero-order valence-corrected chi connectivity index (χ0v) is 12.6. The van der Waals surface area contributed by atoms with Gasteiger partial charge in [-0.2, -0.15) is 4.89 Å². The molecular formula is C12H24N2O8. The van der Waals surface area contributed by atoms with Crippen LogP contribution in [-0.2, 0) is 24.0 Å². The predicted molar refractivity (Wildman–Crippen MR) is 72.0 cm³/mol. The Hall–Kier alpha value is -0.850. The van der Waals surface area contributed by atoms with Crippen molar-refractivity contribution in [2.45, 2.75) is 44.2 Å². The zero-order chi connectivity index (χ0) is 16.8. The van der Waals surface area contributed by atoms with E-state index in [1.165, 1.54) is 6.92 Å². The van der Waals surface area contributed by atoms with Crippen molar-refractivity contribution in [2.75, 3.05) is 26.4 Å². The molecule has 0 aromatic rings. The average Bonchev–Trinajstić information content (AvgIpc) is 2.47. The summed E-state index contributed by atoms with van der Waals surface area (Å²) in [6.07, 6.45) is -4.15. The lowest BCUT2D eigenvalue weighted by molar-refractivity contribution is -0.536. The lowest BCUT2D eigenvalue weighted by atomic mass is 9.95. The largest absolute Gasteiger partial charge is 0.394 e. The van der Waals surface area contributed by atoms with Gasteiger partial charge in [-0.25, -0.2) is 4.89 Å². The van der Waals surface area contributed by atoms with Crippen molar-refractivity contribution in [3.05, 3.63) is 0 Å². The first-order valence-electron chi connectivity index (χ1n) is 6.98. The highest BCUT2D eigenvalue weighted by atomic mass is 17.3. The van der Waals surface area contributed by atoms with Gasteiger partial charge in [0.25, 0.3) is 0 Å². The van der Waals surface area contributed by atoms with E-state index in [0.29, 0.717) is 0 Å². The fourth-order valence-corrected chi connectivity index (χ4v) is 2.11. The van der Waals surface area contributed by atoms with E-state index in [1.54, 1.807) is 6.92 Å². The van der Waals surface area contributed by atoms with E-state index < -0.39 is 42.8 Å². The summed E-state index contributed by atoms with van der Waals surface area (Å²) in [6, 6.07) is -1.28. The molecule has 22 heavy (non-hydrogen) atoms. The van der Waals surface area contributed by atoms with Crippen LogP contribution < -0.4 is 11.1 Å². The number of nitrogens with two attached hydrogens (primary N) is 1. The number of ether oxygens (including phenoxy) is 2. The van der Waals surface area contributed by atoms with Crippen LogP contribution in [0.2, 0.25) is 0 Å². The Bertz CT molecular complexity index is 358. The summed E-state index contributed by atoms with van der Waals surface area (Å²) in [5.41, 5.74) is 5.29. The molecule has 1 saturated heterocycles. The van der Waals surface area contributed by atoms with Gasteiger partial charge in [-0.05, 0) is 6.92 Å². The molecule has 0 aliphatic carbocycles. The fourth-order valence-electron chi connectivity index (χ4n) is 2.11. The van der Waals surface area contributed by atoms with Gasteiger partial charge in [-0.1, -0.05) is 0 Å². The van der Waals surface area contributed by atoms with Gasteiger partial charge in [-0.3, -0.25) is 4.79 Å². The molecule has 1 aliphatic rings. The lowest BCUT2D eigenvalue weighted by Crippen LogP contribution is -2.71. The molecule has 1 aliphatic heterocycles. The monoisotopic (exact) mass is 324 g/mol. The lowest BCUT2D eigenvalue weighted by Gasteiger charge is -2.47. The standard InChI is InChI=1S/C12H24N2O8/c1-3-19-12(22-20-5-4-13)11(14-7(2)16)10(18)9(17)8(6-15)21-12/h8-11,15,17-18H,3-6,13H2,1-2H3,(H,14,16)/t8-,9+,10+,11-,12-/m1/s1. The van der Waals surface area contributed by atoms with Crippen LogP contribution in [-0.4, -0.2) is 77.9 Å². The first-order valence-corrected chi connectivity index (χ1v) is 6.98. The maximum Gasteiger partial charge on any atom is 0.336 e. The van der Waals surface area contributed by atoms with Crippen molar-refractivity contribution in [3.8, 4) is 0 Å². The quantitative estimate of drug-likeness (QED) is 0.138. The molecule has 10 nitrogen and oxygen atoms in total. The van der Waals surface area contributed by atoms with Crippen molar-refractivity contribution >= 4 is 5.91 Å². The number of carbonyl (C=O) groups excluding carboxylic acids is 1. The Balaban J connectivity index is 3.07. The molecule has 0 radical (unpaired) electrons. The van der Waals surface area contributed by atoms with Crippen LogP contribution in [0.25, 0.3) is 0 Å². The summed E-state index contributed by atoms with van der Waals surface area (Å²) < 4.78 is 10.8. The van der Waals surface area contributed by atoms with Gasteiger partial charge in [0.1, 0.15) is 24.4 Å². The molecule has 0 saturated carbocycles. The zero-order valence-electron chi connectivity index (χ0n) is 12.6. The molecule has 0 spiro atoms. The minimum atomic E-state index is -2.03. The van der Waals surface area contributed by atoms with E-state index in [4.69, 9.17) is 25.0 Å². The van der Waals surface area contributed by atoms with Crippen LogP contribution in [0.3, 0.4) is 0 Å². The topological polar surface area (TPSA) is 153 Å². The third-order valence-corrected chi connectivity index (χ3v) is 3.03. The van der Waals surface area contributed by atoms with E-state index >= 15 is 0 Å². The summed E-state index contributed by atoms with van der Waals surface area (Å²) in [7, 11) is 0. The Morgan fingerprint density at radius 3 is 2.59 bits per heavy atom. The number of amides is 1. The molecule has 1 fully saturated rings. The highest BCUT2D eigenvalue weighted by molar-refractivity contribution is 5.73. The Morgan fingerprint density at radius 2 is 2.09 bits per heavy atom. The second-order valence-electron chi connectivity index (χ2n) is 4.73. The highest BCUT2D eigenvalue weighted by Crippen LogP contribution is 2.32. The van der Waals surface area contributed by atoms with Crippen LogP contribution in [0.4, 0.5) is 0 Å². The average molecular weight is 324 g/mol. The van der Waals surface area contributed by atoms with Gasteiger partial charge in [0.05, 0.1) is 13.2 Å².